The van der Waals surface area contributed by atoms with Crippen LogP contribution in [0.1, 0.15) is 29.5 Å². The highest BCUT2D eigenvalue weighted by molar-refractivity contribution is 8.93. The van der Waals surface area contributed by atoms with Gasteiger partial charge in [-0.15, -0.1) is 84.9 Å². The van der Waals surface area contributed by atoms with Crippen LogP contribution in [0, 0.1) is 0 Å². The lowest BCUT2D eigenvalue weighted by atomic mass is 10.1. The molecular weight excluding hydrogens is 784 g/mol. The maximum atomic E-state index is 6.02. The van der Waals surface area contributed by atoms with E-state index in [9.17, 15) is 0 Å². The molecule has 1 aliphatic heterocycles. The van der Waals surface area contributed by atoms with E-state index in [1.165, 1.54) is 24.0 Å². The molecule has 0 atom stereocenters. The van der Waals surface area contributed by atoms with E-state index in [1.54, 1.807) is 0 Å². The van der Waals surface area contributed by atoms with Crippen molar-refractivity contribution in [3.05, 3.63) is 65.2 Å². The Kier molecular flexibility index (Phi) is 29.2. The van der Waals surface area contributed by atoms with Crippen LogP contribution < -0.4 is 27.0 Å². The lowest BCUT2D eigenvalue weighted by Gasteiger charge is -2.23. The maximum absolute atomic E-state index is 6.02. The third kappa shape index (κ3) is 17.1. The van der Waals surface area contributed by atoms with Gasteiger partial charge >= 0.3 is 0 Å². The van der Waals surface area contributed by atoms with Crippen molar-refractivity contribution in [3.8, 4) is 0 Å². The summed E-state index contributed by atoms with van der Waals surface area (Å²) in [5.74, 6) is 0. The number of nitrogens with two attached hydrogens (primary N) is 1. The standard InChI is InChI=1S/C25H40N6.5BrH/c26-25-6-2-1-5-24(25)20-30-19-22-7-9-23(10-8-22)21-31-17-4-13-28-15-14-27-11-3-12-29-16-18-31;;;;;/h1-2,5-10,27-30H,3-4,11-21,26H2;5*1H. The minimum atomic E-state index is 0. The Hall–Kier alpha value is 0.440. The average molecular weight is 829 g/mol. The third-order valence-corrected chi connectivity index (χ3v) is 5.75. The highest BCUT2D eigenvalue weighted by atomic mass is 79.9. The monoisotopic (exact) mass is 824 g/mol. The molecule has 0 aromatic heterocycles. The Bertz CT molecular complexity index is 740. The van der Waals surface area contributed by atoms with Gasteiger partial charge in [-0.1, -0.05) is 42.5 Å². The molecule has 0 unspecified atom stereocenters. The molecule has 0 radical (unpaired) electrons. The number of benzene rings is 2. The number of hydrogen-bond donors (Lipinski definition) is 5. The minimum Gasteiger partial charge on any atom is -0.398 e. The lowest BCUT2D eigenvalue weighted by molar-refractivity contribution is 0.260. The zero-order valence-electron chi connectivity index (χ0n) is 20.9. The topological polar surface area (TPSA) is 77.4 Å². The largest absolute Gasteiger partial charge is 0.398 e. The molecule has 0 bridgehead atoms. The van der Waals surface area contributed by atoms with Gasteiger partial charge in [0.2, 0.25) is 0 Å². The van der Waals surface area contributed by atoms with E-state index in [0.717, 1.165) is 83.2 Å². The van der Waals surface area contributed by atoms with Gasteiger partial charge in [-0.2, -0.15) is 0 Å². The number of halogens is 5. The average Bonchev–Trinajstić information content (AvgIpc) is 2.79. The summed E-state index contributed by atoms with van der Waals surface area (Å²) in [5, 5.41) is 14.1. The van der Waals surface area contributed by atoms with E-state index in [4.69, 9.17) is 5.73 Å². The Morgan fingerprint density at radius 1 is 0.639 bits per heavy atom. The normalized spacial score (nSPS) is 15.3. The van der Waals surface area contributed by atoms with Gasteiger partial charge in [-0.05, 0) is 61.8 Å². The number of anilines is 1. The molecule has 1 fully saturated rings. The zero-order chi connectivity index (χ0) is 21.6. The number of hydrogen-bond acceptors (Lipinski definition) is 6. The summed E-state index contributed by atoms with van der Waals surface area (Å²) in [4.78, 5) is 2.57. The Balaban J connectivity index is -0.00000218. The Labute approximate surface area is 270 Å². The zero-order valence-corrected chi connectivity index (χ0v) is 29.4. The molecule has 0 aliphatic carbocycles. The highest BCUT2D eigenvalue weighted by Crippen LogP contribution is 2.11. The third-order valence-electron chi connectivity index (χ3n) is 5.75. The van der Waals surface area contributed by atoms with Crippen LogP contribution in [0.15, 0.2) is 48.5 Å². The molecule has 0 amide bonds. The van der Waals surface area contributed by atoms with Gasteiger partial charge in [0.05, 0.1) is 0 Å². The van der Waals surface area contributed by atoms with Crippen molar-refractivity contribution in [2.24, 2.45) is 0 Å². The first-order valence-electron chi connectivity index (χ1n) is 11.8. The fraction of sp³-hybridized carbons (Fsp3) is 0.520. The van der Waals surface area contributed by atoms with Crippen molar-refractivity contribution in [2.75, 3.05) is 58.1 Å². The van der Waals surface area contributed by atoms with Crippen LogP contribution >= 0.6 is 84.9 Å². The first-order chi connectivity index (χ1) is 15.3. The van der Waals surface area contributed by atoms with Crippen LogP contribution in [-0.4, -0.2) is 57.3 Å². The first-order valence-corrected chi connectivity index (χ1v) is 11.8. The van der Waals surface area contributed by atoms with Crippen molar-refractivity contribution >= 4 is 90.6 Å². The van der Waals surface area contributed by atoms with E-state index in [0.29, 0.717) is 0 Å². The van der Waals surface area contributed by atoms with E-state index in [-0.39, 0.29) is 84.9 Å². The smallest absolute Gasteiger partial charge is 0.0359 e. The van der Waals surface area contributed by atoms with Crippen LogP contribution in [-0.2, 0) is 19.6 Å². The van der Waals surface area contributed by atoms with Crippen molar-refractivity contribution < 1.29 is 0 Å². The van der Waals surface area contributed by atoms with Crippen LogP contribution in [0.2, 0.25) is 0 Å². The molecule has 2 aromatic carbocycles. The van der Waals surface area contributed by atoms with Gasteiger partial charge in [0.1, 0.15) is 0 Å². The first kappa shape index (κ1) is 40.9. The molecule has 11 heteroatoms. The number of nitrogens with zero attached hydrogens (tertiary/aromatic N) is 1. The molecule has 0 spiro atoms. The van der Waals surface area contributed by atoms with Gasteiger partial charge in [-0.25, -0.2) is 0 Å². The SMILES string of the molecule is Br.Br.Br.Br.Br.Nc1ccccc1CNCc1ccc(CN2CCCNCCNCCCNCC2)cc1. The van der Waals surface area contributed by atoms with Crippen molar-refractivity contribution in [3.63, 3.8) is 0 Å². The Morgan fingerprint density at radius 3 is 1.89 bits per heavy atom. The maximum Gasteiger partial charge on any atom is 0.0359 e. The van der Waals surface area contributed by atoms with Gasteiger partial charge in [0, 0.05) is 51.5 Å². The predicted molar refractivity (Wildman–Crippen MR) is 183 cm³/mol. The summed E-state index contributed by atoms with van der Waals surface area (Å²) in [6.07, 6.45) is 2.37. The molecule has 1 heterocycles. The predicted octanol–water partition coefficient (Wildman–Crippen LogP) is 4.81. The molecule has 0 saturated carbocycles. The van der Waals surface area contributed by atoms with Crippen LogP contribution in [0.25, 0.3) is 0 Å². The molecule has 36 heavy (non-hydrogen) atoms. The number of rotatable bonds is 6. The van der Waals surface area contributed by atoms with Gasteiger partial charge in [0.25, 0.3) is 0 Å². The van der Waals surface area contributed by atoms with Crippen LogP contribution in [0.5, 0.6) is 0 Å². The van der Waals surface area contributed by atoms with E-state index in [1.807, 2.05) is 18.2 Å². The minimum absolute atomic E-state index is 0. The lowest BCUT2D eigenvalue weighted by Crippen LogP contribution is -2.36. The Morgan fingerprint density at radius 2 is 1.22 bits per heavy atom. The van der Waals surface area contributed by atoms with Crippen molar-refractivity contribution in [1.29, 1.82) is 0 Å². The molecule has 3 rings (SSSR count). The number of para-hydroxylation sites is 1. The second-order valence-electron chi connectivity index (χ2n) is 8.35. The summed E-state index contributed by atoms with van der Waals surface area (Å²) >= 11 is 0. The molecule has 6 nitrogen and oxygen atoms in total. The molecule has 2 aromatic rings. The molecule has 1 aliphatic rings. The van der Waals surface area contributed by atoms with Crippen LogP contribution in [0.3, 0.4) is 0 Å². The molecule has 210 valence electrons. The fourth-order valence-corrected chi connectivity index (χ4v) is 3.88. The second-order valence-corrected chi connectivity index (χ2v) is 8.35. The summed E-state index contributed by atoms with van der Waals surface area (Å²) in [7, 11) is 0. The second kappa shape index (κ2) is 25.7. The molecule has 6 N–H and O–H groups in total. The van der Waals surface area contributed by atoms with Crippen molar-refractivity contribution in [2.45, 2.75) is 32.5 Å². The summed E-state index contributed by atoms with van der Waals surface area (Å²) in [6.45, 7) is 11.3. The van der Waals surface area contributed by atoms with Gasteiger partial charge in [-0.3, -0.25) is 4.90 Å². The molecular formula is C25H45Br5N6. The number of nitrogens with one attached hydrogen (secondary N) is 4. The van der Waals surface area contributed by atoms with E-state index >= 15 is 0 Å². The summed E-state index contributed by atoms with van der Waals surface area (Å²) in [5.41, 5.74) is 10.7. The fourth-order valence-electron chi connectivity index (χ4n) is 3.88. The van der Waals surface area contributed by atoms with Crippen LogP contribution in [0.4, 0.5) is 5.69 Å². The van der Waals surface area contributed by atoms with Gasteiger partial charge in [0.15, 0.2) is 0 Å². The summed E-state index contributed by atoms with van der Waals surface area (Å²) < 4.78 is 0. The van der Waals surface area contributed by atoms with Gasteiger partial charge < -0.3 is 27.0 Å². The molecule has 1 saturated heterocycles. The number of nitrogen functional groups attached to an aromatic ring is 1. The van der Waals surface area contributed by atoms with E-state index in [2.05, 4.69) is 56.5 Å². The van der Waals surface area contributed by atoms with E-state index < -0.39 is 0 Å². The highest BCUT2D eigenvalue weighted by Gasteiger charge is 2.07. The van der Waals surface area contributed by atoms with Crippen molar-refractivity contribution in [1.82, 2.24) is 26.2 Å². The summed E-state index contributed by atoms with van der Waals surface area (Å²) in [6, 6.07) is 17.1. The quantitative estimate of drug-likeness (QED) is 0.270.